The Labute approximate surface area is 161 Å². The maximum absolute atomic E-state index is 13.9. The number of carbonyl (C=O) groups excluding carboxylic acids is 2. The van der Waals surface area contributed by atoms with Gasteiger partial charge in [-0.15, -0.1) is 0 Å². The molecule has 0 spiro atoms. The second kappa shape index (κ2) is 9.96. The zero-order valence-electron chi connectivity index (χ0n) is 15.3. The predicted octanol–water partition coefficient (Wildman–Crippen LogP) is 3.42. The number of amides is 2. The first-order chi connectivity index (χ1) is 13.4. The highest BCUT2D eigenvalue weighted by atomic mass is 19.1. The summed E-state index contributed by atoms with van der Waals surface area (Å²) in [4.78, 5) is 35.0. The van der Waals surface area contributed by atoms with E-state index >= 15 is 0 Å². The van der Waals surface area contributed by atoms with Crippen LogP contribution < -0.4 is 10.6 Å². The highest BCUT2D eigenvalue weighted by Gasteiger charge is 2.16. The molecule has 8 heteroatoms. The fourth-order valence-corrected chi connectivity index (χ4v) is 2.31. The Bertz CT molecular complexity index is 895. The quantitative estimate of drug-likeness (QED) is 0.315. The van der Waals surface area contributed by atoms with Gasteiger partial charge >= 0.3 is 0 Å². The van der Waals surface area contributed by atoms with Crippen LogP contribution in [-0.4, -0.2) is 23.3 Å². The maximum Gasteiger partial charge on any atom is 0.269 e. The predicted molar refractivity (Wildman–Crippen MR) is 103 cm³/mol. The zero-order chi connectivity index (χ0) is 20.5. The van der Waals surface area contributed by atoms with E-state index in [1.54, 1.807) is 6.07 Å². The van der Waals surface area contributed by atoms with Crippen molar-refractivity contribution in [1.29, 1.82) is 0 Å². The van der Waals surface area contributed by atoms with E-state index in [-0.39, 0.29) is 22.5 Å². The van der Waals surface area contributed by atoms with Crippen molar-refractivity contribution in [3.63, 3.8) is 0 Å². The fourth-order valence-electron chi connectivity index (χ4n) is 2.31. The molecule has 0 aliphatic heterocycles. The first kappa shape index (κ1) is 20.8. The van der Waals surface area contributed by atoms with Gasteiger partial charge in [0.05, 0.1) is 4.92 Å². The smallest absolute Gasteiger partial charge is 0.269 e. The molecule has 7 nitrogen and oxygen atoms in total. The molecule has 2 rings (SSSR count). The Morgan fingerprint density at radius 3 is 2.43 bits per heavy atom. The van der Waals surface area contributed by atoms with Gasteiger partial charge < -0.3 is 10.6 Å². The maximum atomic E-state index is 13.9. The summed E-state index contributed by atoms with van der Waals surface area (Å²) in [6.07, 6.45) is 2.89. The van der Waals surface area contributed by atoms with Crippen molar-refractivity contribution in [1.82, 2.24) is 10.6 Å². The van der Waals surface area contributed by atoms with E-state index in [2.05, 4.69) is 10.6 Å². The third-order valence-corrected chi connectivity index (χ3v) is 3.85. The summed E-state index contributed by atoms with van der Waals surface area (Å²) in [7, 11) is 0. The Morgan fingerprint density at radius 2 is 1.82 bits per heavy atom. The van der Waals surface area contributed by atoms with Gasteiger partial charge in [0.15, 0.2) is 0 Å². The number of non-ortho nitro benzene ring substituents is 1. The number of hydrogen-bond donors (Lipinski definition) is 2. The van der Waals surface area contributed by atoms with Crippen molar-refractivity contribution < 1.29 is 18.9 Å². The Morgan fingerprint density at radius 1 is 1.14 bits per heavy atom. The minimum atomic E-state index is -0.636. The summed E-state index contributed by atoms with van der Waals surface area (Å²) < 4.78 is 13.9. The average Bonchev–Trinajstić information content (AvgIpc) is 2.69. The summed E-state index contributed by atoms with van der Waals surface area (Å²) in [6, 6.07) is 10.8. The van der Waals surface area contributed by atoms with E-state index < -0.39 is 22.6 Å². The summed E-state index contributed by atoms with van der Waals surface area (Å²) in [5.41, 5.74) is -0.000862. The Hall–Kier alpha value is -3.55. The van der Waals surface area contributed by atoms with Crippen molar-refractivity contribution >= 4 is 23.6 Å². The molecule has 2 amide bonds. The second-order valence-electron chi connectivity index (χ2n) is 5.95. The first-order valence-electron chi connectivity index (χ1n) is 8.72. The van der Waals surface area contributed by atoms with Gasteiger partial charge in [0.1, 0.15) is 11.5 Å². The summed E-state index contributed by atoms with van der Waals surface area (Å²) in [5.74, 6) is -1.72. The molecule has 0 aliphatic rings. The van der Waals surface area contributed by atoms with Gasteiger partial charge in [-0.3, -0.25) is 19.7 Å². The molecule has 0 radical (unpaired) electrons. The highest BCUT2D eigenvalue weighted by Crippen LogP contribution is 2.14. The number of nitrogens with zero attached hydrogens (tertiary/aromatic N) is 1. The van der Waals surface area contributed by atoms with Crippen LogP contribution in [0.3, 0.4) is 0 Å². The van der Waals surface area contributed by atoms with Crippen molar-refractivity contribution in [2.24, 2.45) is 0 Å². The van der Waals surface area contributed by atoms with E-state index in [0.29, 0.717) is 6.54 Å². The standard InChI is InChI=1S/C20H20FN3O4/c1-2-3-12-22-20(26)18(13-15-6-4-5-7-17(15)21)23-19(25)14-8-10-16(11-9-14)24(27)28/h4-11,13H,2-3,12H2,1H3,(H,22,26)(H,23,25). The molecule has 0 fully saturated rings. The van der Waals surface area contributed by atoms with Crippen LogP contribution in [0, 0.1) is 15.9 Å². The van der Waals surface area contributed by atoms with Crippen molar-refractivity contribution in [3.8, 4) is 0 Å². The molecular formula is C20H20FN3O4. The van der Waals surface area contributed by atoms with E-state index in [4.69, 9.17) is 0 Å². The molecule has 0 saturated heterocycles. The lowest BCUT2D eigenvalue weighted by Crippen LogP contribution is -2.35. The fraction of sp³-hybridized carbons (Fsp3) is 0.200. The molecule has 2 N–H and O–H groups in total. The molecule has 0 atom stereocenters. The van der Waals surface area contributed by atoms with Gasteiger partial charge in [-0.1, -0.05) is 31.5 Å². The second-order valence-corrected chi connectivity index (χ2v) is 5.95. The van der Waals surface area contributed by atoms with Crippen LogP contribution in [0.2, 0.25) is 0 Å². The van der Waals surface area contributed by atoms with Gasteiger partial charge in [-0.2, -0.15) is 0 Å². The number of halogens is 1. The number of nitrogens with one attached hydrogen (secondary N) is 2. The number of benzene rings is 2. The van der Waals surface area contributed by atoms with Gasteiger partial charge in [0, 0.05) is 29.8 Å². The van der Waals surface area contributed by atoms with E-state index in [9.17, 15) is 24.1 Å². The van der Waals surface area contributed by atoms with Crippen LogP contribution in [-0.2, 0) is 4.79 Å². The lowest BCUT2D eigenvalue weighted by Gasteiger charge is -2.11. The normalized spacial score (nSPS) is 11.0. The van der Waals surface area contributed by atoms with Gasteiger partial charge in [-0.25, -0.2) is 4.39 Å². The number of nitro benzene ring substituents is 1. The van der Waals surface area contributed by atoms with Crippen molar-refractivity contribution in [2.75, 3.05) is 6.54 Å². The van der Waals surface area contributed by atoms with Gasteiger partial charge in [-0.05, 0) is 30.7 Å². The molecule has 0 unspecified atom stereocenters. The average molecular weight is 385 g/mol. The monoisotopic (exact) mass is 385 g/mol. The number of rotatable bonds is 8. The van der Waals surface area contributed by atoms with Gasteiger partial charge in [0.2, 0.25) is 0 Å². The lowest BCUT2D eigenvalue weighted by atomic mass is 10.1. The molecular weight excluding hydrogens is 365 g/mol. The van der Waals surface area contributed by atoms with Crippen molar-refractivity contribution in [2.45, 2.75) is 19.8 Å². The van der Waals surface area contributed by atoms with E-state index in [0.717, 1.165) is 12.8 Å². The molecule has 0 aromatic heterocycles. The number of nitro groups is 1. The third-order valence-electron chi connectivity index (χ3n) is 3.85. The van der Waals surface area contributed by atoms with Crippen LogP contribution >= 0.6 is 0 Å². The van der Waals surface area contributed by atoms with Crippen LogP contribution in [0.4, 0.5) is 10.1 Å². The molecule has 2 aromatic rings. The van der Waals surface area contributed by atoms with Crippen molar-refractivity contribution in [3.05, 3.63) is 81.3 Å². The summed E-state index contributed by atoms with van der Waals surface area (Å²) in [5, 5.41) is 15.8. The molecule has 146 valence electrons. The van der Waals surface area contributed by atoms with Crippen LogP contribution in [0.25, 0.3) is 6.08 Å². The summed E-state index contributed by atoms with van der Waals surface area (Å²) >= 11 is 0. The van der Waals surface area contributed by atoms with E-state index in [1.807, 2.05) is 6.92 Å². The Kier molecular flexibility index (Phi) is 7.38. The first-order valence-corrected chi connectivity index (χ1v) is 8.72. The topological polar surface area (TPSA) is 101 Å². The molecule has 2 aromatic carbocycles. The SMILES string of the molecule is CCCCNC(=O)C(=Cc1ccccc1F)NC(=O)c1ccc([N+](=O)[O-])cc1. The molecule has 28 heavy (non-hydrogen) atoms. The van der Waals surface area contributed by atoms with Crippen LogP contribution in [0.1, 0.15) is 35.7 Å². The Balaban J connectivity index is 2.25. The third kappa shape index (κ3) is 5.73. The molecule has 0 saturated carbocycles. The lowest BCUT2D eigenvalue weighted by molar-refractivity contribution is -0.384. The number of hydrogen-bond acceptors (Lipinski definition) is 4. The van der Waals surface area contributed by atoms with E-state index in [1.165, 1.54) is 48.5 Å². The van der Waals surface area contributed by atoms with Gasteiger partial charge in [0.25, 0.3) is 17.5 Å². The highest BCUT2D eigenvalue weighted by molar-refractivity contribution is 6.05. The minimum absolute atomic E-state index is 0.121. The minimum Gasteiger partial charge on any atom is -0.351 e. The van der Waals surface area contributed by atoms with Crippen LogP contribution in [0.15, 0.2) is 54.2 Å². The molecule has 0 aliphatic carbocycles. The molecule has 0 bridgehead atoms. The number of unbranched alkanes of at least 4 members (excludes halogenated alkanes) is 1. The van der Waals surface area contributed by atoms with Crippen LogP contribution in [0.5, 0.6) is 0 Å². The zero-order valence-corrected chi connectivity index (χ0v) is 15.3. The molecule has 0 heterocycles. The largest absolute Gasteiger partial charge is 0.351 e. The number of carbonyl (C=O) groups is 2. The summed E-state index contributed by atoms with van der Waals surface area (Å²) in [6.45, 7) is 2.38.